The Labute approximate surface area is 189 Å². The Balaban J connectivity index is 1.46. The van der Waals surface area contributed by atoms with Crippen molar-refractivity contribution in [2.45, 2.75) is 31.5 Å². The van der Waals surface area contributed by atoms with Crippen LogP contribution < -0.4 is 4.74 Å². The Morgan fingerprint density at radius 2 is 2.06 bits per heavy atom. The van der Waals surface area contributed by atoms with E-state index in [-0.39, 0.29) is 35.2 Å². The summed E-state index contributed by atoms with van der Waals surface area (Å²) in [6.07, 6.45) is -3.33. The monoisotopic (exact) mass is 468 g/mol. The molecule has 34 heavy (non-hydrogen) atoms. The molecule has 0 radical (unpaired) electrons. The van der Waals surface area contributed by atoms with E-state index in [0.717, 1.165) is 41.1 Å². The highest BCUT2D eigenvalue weighted by Gasteiger charge is 2.32. The van der Waals surface area contributed by atoms with Crippen molar-refractivity contribution in [3.05, 3.63) is 53.2 Å². The van der Waals surface area contributed by atoms with Gasteiger partial charge in [-0.2, -0.15) is 10.2 Å². The molecule has 8 nitrogen and oxygen atoms in total. The number of nitriles is 1. The van der Waals surface area contributed by atoms with Crippen LogP contribution in [-0.2, 0) is 11.2 Å². The largest absolute Gasteiger partial charge is 0.573 e. The highest BCUT2D eigenvalue weighted by Crippen LogP contribution is 2.40. The van der Waals surface area contributed by atoms with Crippen LogP contribution in [0.4, 0.5) is 13.2 Å². The van der Waals surface area contributed by atoms with Gasteiger partial charge in [-0.25, -0.2) is 0 Å². The van der Waals surface area contributed by atoms with Crippen LogP contribution in [0.25, 0.3) is 33.7 Å². The number of carboxylic acids is 1. The molecular weight excluding hydrogens is 453 g/mol. The number of aromatic nitrogens is 3. The molecule has 0 aliphatic heterocycles. The average molecular weight is 468 g/mol. The summed E-state index contributed by atoms with van der Waals surface area (Å²) in [6, 6.07) is 10.7. The molecule has 2 heterocycles. The average Bonchev–Trinajstić information content (AvgIpc) is 3.49. The van der Waals surface area contributed by atoms with Crippen molar-refractivity contribution in [3.63, 3.8) is 0 Å². The Morgan fingerprint density at radius 3 is 2.79 bits per heavy atom. The molecule has 11 heteroatoms. The van der Waals surface area contributed by atoms with Crippen LogP contribution in [0.3, 0.4) is 0 Å². The number of fused-ring (bicyclic) bond motifs is 3. The van der Waals surface area contributed by atoms with Crippen LogP contribution in [0, 0.1) is 11.3 Å². The fourth-order valence-electron chi connectivity index (χ4n) is 4.33. The first-order chi connectivity index (χ1) is 16.2. The summed E-state index contributed by atoms with van der Waals surface area (Å²) < 4.78 is 46.7. The molecular formula is C23H15F3N4O4. The molecule has 1 atom stereocenters. The van der Waals surface area contributed by atoms with Gasteiger partial charge in [0.1, 0.15) is 11.8 Å². The molecule has 4 aromatic rings. The van der Waals surface area contributed by atoms with E-state index in [1.54, 1.807) is 12.1 Å². The van der Waals surface area contributed by atoms with Crippen LogP contribution in [0.2, 0.25) is 0 Å². The number of hydrogen-bond donors (Lipinski definition) is 2. The van der Waals surface area contributed by atoms with E-state index < -0.39 is 18.1 Å². The number of hydrogen-bond acceptors (Lipinski definition) is 6. The van der Waals surface area contributed by atoms with Crippen LogP contribution in [0.1, 0.15) is 35.6 Å². The summed E-state index contributed by atoms with van der Waals surface area (Å²) in [5.74, 6) is -1.22. The molecule has 0 saturated carbocycles. The van der Waals surface area contributed by atoms with Gasteiger partial charge in [0.15, 0.2) is 0 Å². The lowest BCUT2D eigenvalue weighted by Gasteiger charge is -2.10. The lowest BCUT2D eigenvalue weighted by molar-refractivity contribution is -0.274. The van der Waals surface area contributed by atoms with Crippen LogP contribution in [0.5, 0.6) is 5.75 Å². The third kappa shape index (κ3) is 3.94. The molecule has 2 aromatic heterocycles. The van der Waals surface area contributed by atoms with Crippen molar-refractivity contribution in [2.24, 2.45) is 0 Å². The summed E-state index contributed by atoms with van der Waals surface area (Å²) in [6.45, 7) is 0. The number of alkyl halides is 3. The molecule has 0 saturated heterocycles. The molecule has 2 aromatic carbocycles. The first-order valence-corrected chi connectivity index (χ1v) is 10.2. The lowest BCUT2D eigenvalue weighted by Crippen LogP contribution is -2.17. The molecule has 2 N–H and O–H groups in total. The van der Waals surface area contributed by atoms with Gasteiger partial charge in [-0.1, -0.05) is 5.16 Å². The highest BCUT2D eigenvalue weighted by atomic mass is 19.4. The topological polar surface area (TPSA) is 125 Å². The van der Waals surface area contributed by atoms with Crippen molar-refractivity contribution in [3.8, 4) is 34.7 Å². The number of H-pyrrole nitrogens is 1. The highest BCUT2D eigenvalue weighted by molar-refractivity contribution is 5.89. The SMILES string of the molecule is N#Cc1cc(-c2nc(-c3ccc4[nH]c5c(c4c3)CCC5CC(=O)O)no2)ccc1OC(F)(F)F. The Kier molecular flexibility index (Phi) is 5.01. The summed E-state index contributed by atoms with van der Waals surface area (Å²) >= 11 is 0. The summed E-state index contributed by atoms with van der Waals surface area (Å²) in [4.78, 5) is 18.8. The van der Waals surface area contributed by atoms with Gasteiger partial charge in [0.25, 0.3) is 5.89 Å². The minimum absolute atomic E-state index is 0.0333. The number of benzene rings is 2. The molecule has 1 aliphatic rings. The zero-order valence-electron chi connectivity index (χ0n) is 17.3. The zero-order chi connectivity index (χ0) is 24.0. The number of nitrogens with one attached hydrogen (secondary N) is 1. The van der Waals surface area contributed by atoms with E-state index in [1.165, 1.54) is 12.1 Å². The molecule has 172 valence electrons. The maximum absolute atomic E-state index is 12.5. The number of rotatable bonds is 5. The summed E-state index contributed by atoms with van der Waals surface area (Å²) in [5, 5.41) is 23.3. The standard InChI is InChI=1S/C23H15F3N4O4/c24-23(25,26)33-18-6-3-13(7-14(18)10-27)22-29-21(30-34-22)12-2-5-17-16(8-12)15-4-1-11(9-19(31)32)20(15)28-17/h2-3,5-8,11,28H,1,4,9H2,(H,31,32). The second-order valence-electron chi connectivity index (χ2n) is 7.90. The van der Waals surface area contributed by atoms with Crippen LogP contribution >= 0.6 is 0 Å². The van der Waals surface area contributed by atoms with Gasteiger partial charge in [0.05, 0.1) is 12.0 Å². The number of nitrogens with zero attached hydrogens (tertiary/aromatic N) is 3. The predicted octanol–water partition coefficient (Wildman–Crippen LogP) is 5.16. The van der Waals surface area contributed by atoms with Gasteiger partial charge < -0.3 is 19.4 Å². The molecule has 0 amide bonds. The van der Waals surface area contributed by atoms with Crippen molar-refractivity contribution in [2.75, 3.05) is 0 Å². The predicted molar refractivity (Wildman–Crippen MR) is 112 cm³/mol. The van der Waals surface area contributed by atoms with Gasteiger partial charge >= 0.3 is 12.3 Å². The van der Waals surface area contributed by atoms with E-state index in [4.69, 9.17) is 9.63 Å². The smallest absolute Gasteiger partial charge is 0.481 e. The number of carbonyl (C=O) groups is 1. The number of carboxylic acid groups (broad SMARTS) is 1. The Hall–Kier alpha value is -4.33. The summed E-state index contributed by atoms with van der Waals surface area (Å²) in [7, 11) is 0. The third-order valence-corrected chi connectivity index (χ3v) is 5.77. The molecule has 0 bridgehead atoms. The van der Waals surface area contributed by atoms with E-state index in [2.05, 4.69) is 19.9 Å². The first kappa shape index (κ1) is 21.5. The number of aromatic amines is 1. The fraction of sp³-hybridized carbons (Fsp3) is 0.217. The second-order valence-corrected chi connectivity index (χ2v) is 7.90. The van der Waals surface area contributed by atoms with E-state index in [1.807, 2.05) is 12.1 Å². The van der Waals surface area contributed by atoms with E-state index in [0.29, 0.717) is 5.56 Å². The minimum Gasteiger partial charge on any atom is -0.481 e. The molecule has 0 fully saturated rings. The van der Waals surface area contributed by atoms with E-state index >= 15 is 0 Å². The second kappa shape index (κ2) is 7.91. The van der Waals surface area contributed by atoms with Gasteiger partial charge in [0.2, 0.25) is 5.82 Å². The lowest BCUT2D eigenvalue weighted by atomic mass is 10.0. The van der Waals surface area contributed by atoms with Crippen molar-refractivity contribution in [1.82, 2.24) is 15.1 Å². The molecule has 1 unspecified atom stereocenters. The number of ether oxygens (including phenoxy) is 1. The van der Waals surface area contributed by atoms with Crippen molar-refractivity contribution < 1.29 is 32.3 Å². The zero-order valence-corrected chi connectivity index (χ0v) is 17.3. The van der Waals surface area contributed by atoms with Crippen LogP contribution in [0.15, 0.2) is 40.9 Å². The molecule has 5 rings (SSSR count). The van der Waals surface area contributed by atoms with Gasteiger partial charge in [-0.05, 0) is 54.8 Å². The normalized spacial score (nSPS) is 15.3. The van der Waals surface area contributed by atoms with Crippen LogP contribution in [-0.4, -0.2) is 32.6 Å². The van der Waals surface area contributed by atoms with Gasteiger partial charge in [-0.3, -0.25) is 4.79 Å². The van der Waals surface area contributed by atoms with Gasteiger partial charge in [-0.15, -0.1) is 13.2 Å². The van der Waals surface area contributed by atoms with E-state index in [9.17, 15) is 23.2 Å². The fourth-order valence-corrected chi connectivity index (χ4v) is 4.33. The van der Waals surface area contributed by atoms with Crippen molar-refractivity contribution >= 4 is 16.9 Å². The number of halogens is 3. The Morgan fingerprint density at radius 1 is 1.26 bits per heavy atom. The number of aryl methyl sites for hydroxylation is 1. The Bertz CT molecular complexity index is 1470. The molecule has 1 aliphatic carbocycles. The number of aliphatic carboxylic acids is 1. The maximum atomic E-state index is 12.5. The minimum atomic E-state index is -4.92. The van der Waals surface area contributed by atoms with Gasteiger partial charge in [0, 0.05) is 33.6 Å². The van der Waals surface area contributed by atoms with Crippen molar-refractivity contribution in [1.29, 1.82) is 5.26 Å². The third-order valence-electron chi connectivity index (χ3n) is 5.77. The quantitative estimate of drug-likeness (QED) is 0.414. The first-order valence-electron chi connectivity index (χ1n) is 10.2. The molecule has 0 spiro atoms. The maximum Gasteiger partial charge on any atom is 0.573 e. The summed E-state index contributed by atoms with van der Waals surface area (Å²) in [5.41, 5.74) is 3.49.